The maximum atomic E-state index is 12.8. The van der Waals surface area contributed by atoms with E-state index in [1.807, 2.05) is 11.9 Å². The maximum absolute atomic E-state index is 12.8. The monoisotopic (exact) mass is 402 g/mol. The van der Waals surface area contributed by atoms with Crippen LogP contribution in [0.1, 0.15) is 19.3 Å². The summed E-state index contributed by atoms with van der Waals surface area (Å²) in [4.78, 5) is 14.8. The van der Waals surface area contributed by atoms with E-state index in [2.05, 4.69) is 0 Å². The summed E-state index contributed by atoms with van der Waals surface area (Å²) in [6, 6.07) is 7.07. The average Bonchev–Trinajstić information content (AvgIpc) is 2.62. The molecule has 1 saturated heterocycles. The molecule has 28 heavy (non-hydrogen) atoms. The summed E-state index contributed by atoms with van der Waals surface area (Å²) in [6.45, 7) is 1.11. The number of hydrogen-bond donors (Lipinski definition) is 3. The number of benzene rings is 2. The van der Waals surface area contributed by atoms with Crippen molar-refractivity contribution in [3.8, 4) is 22.8 Å². The Hall–Kier alpha value is -2.54. The van der Waals surface area contributed by atoms with Gasteiger partial charge in [0.1, 0.15) is 28.2 Å². The number of aromatic hydroxyl groups is 2. The van der Waals surface area contributed by atoms with Crippen molar-refractivity contribution in [2.45, 2.75) is 18.4 Å². The number of aliphatic hydroxyl groups is 1. The van der Waals surface area contributed by atoms with E-state index in [4.69, 9.17) is 17.4 Å². The fourth-order valence-corrected chi connectivity index (χ4v) is 4.07. The van der Waals surface area contributed by atoms with Crippen LogP contribution in [0.2, 0.25) is 5.02 Å². The first-order chi connectivity index (χ1) is 13.8. The normalized spacial score (nSPS) is 21.0. The summed E-state index contributed by atoms with van der Waals surface area (Å²) >= 11 is 6.23. The summed E-state index contributed by atoms with van der Waals surface area (Å²) in [5.41, 5.74) is 0.253. The molecule has 3 N–H and O–H groups in total. The van der Waals surface area contributed by atoms with Crippen molar-refractivity contribution < 1.29 is 21.1 Å². The number of hydrogen-bond acceptors (Lipinski definition) is 6. The van der Waals surface area contributed by atoms with Crippen LogP contribution in [0, 0.1) is 0 Å². The van der Waals surface area contributed by atoms with Gasteiger partial charge in [0.25, 0.3) is 0 Å². The SMILES string of the molecule is [2H]c1ccc(-c2cc(=O)c3c(O)cc(O)c(C4CCN(C)CC4O)c3o2)c(Cl)c1. The van der Waals surface area contributed by atoms with Gasteiger partial charge >= 0.3 is 0 Å². The molecule has 0 aliphatic carbocycles. The molecule has 6 nitrogen and oxygen atoms in total. The van der Waals surface area contributed by atoms with Crippen LogP contribution in [0.4, 0.5) is 0 Å². The van der Waals surface area contributed by atoms with Gasteiger partial charge in [-0.15, -0.1) is 0 Å². The zero-order valence-corrected chi connectivity index (χ0v) is 15.9. The van der Waals surface area contributed by atoms with E-state index >= 15 is 0 Å². The maximum Gasteiger partial charge on any atom is 0.197 e. The van der Waals surface area contributed by atoms with Crippen molar-refractivity contribution in [1.29, 1.82) is 0 Å². The average molecular weight is 403 g/mol. The van der Waals surface area contributed by atoms with Crippen molar-refractivity contribution in [2.75, 3.05) is 20.1 Å². The molecule has 1 fully saturated rings. The van der Waals surface area contributed by atoms with Crippen molar-refractivity contribution in [1.82, 2.24) is 4.90 Å². The lowest BCUT2D eigenvalue weighted by molar-refractivity contribution is 0.0630. The first-order valence-electron chi connectivity index (χ1n) is 9.42. The summed E-state index contributed by atoms with van der Waals surface area (Å²) in [7, 11) is 1.89. The quantitative estimate of drug-likeness (QED) is 0.609. The Bertz CT molecular complexity index is 1160. The van der Waals surface area contributed by atoms with Crippen LogP contribution in [-0.4, -0.2) is 46.5 Å². The number of fused-ring (bicyclic) bond motifs is 1. The van der Waals surface area contributed by atoms with Gasteiger partial charge in [-0.3, -0.25) is 4.79 Å². The highest BCUT2D eigenvalue weighted by Gasteiger charge is 2.33. The Morgan fingerprint density at radius 2 is 2.07 bits per heavy atom. The van der Waals surface area contributed by atoms with Gasteiger partial charge in [0.2, 0.25) is 0 Å². The fourth-order valence-electron chi connectivity index (χ4n) is 3.85. The summed E-state index contributed by atoms with van der Waals surface area (Å²) < 4.78 is 13.6. The zero-order chi connectivity index (χ0) is 20.9. The predicted molar refractivity (Wildman–Crippen MR) is 107 cm³/mol. The van der Waals surface area contributed by atoms with Gasteiger partial charge in [-0.2, -0.15) is 0 Å². The van der Waals surface area contributed by atoms with Crippen LogP contribution >= 0.6 is 11.6 Å². The lowest BCUT2D eigenvalue weighted by atomic mass is 9.85. The summed E-state index contributed by atoms with van der Waals surface area (Å²) in [5, 5.41) is 31.6. The zero-order valence-electron chi connectivity index (χ0n) is 16.1. The van der Waals surface area contributed by atoms with Gasteiger partial charge in [0.05, 0.1) is 12.5 Å². The van der Waals surface area contributed by atoms with Crippen LogP contribution in [0.5, 0.6) is 11.5 Å². The molecule has 2 unspecified atom stereocenters. The summed E-state index contributed by atoms with van der Waals surface area (Å²) in [5.74, 6) is -0.937. The molecule has 0 bridgehead atoms. The Labute approximate surface area is 167 Å². The van der Waals surface area contributed by atoms with E-state index in [1.54, 1.807) is 6.07 Å². The molecule has 0 saturated carbocycles. The largest absolute Gasteiger partial charge is 0.507 e. The minimum atomic E-state index is -0.771. The number of nitrogens with zero attached hydrogens (tertiary/aromatic N) is 1. The Balaban J connectivity index is 1.99. The fraction of sp³-hybridized carbons (Fsp3) is 0.286. The number of rotatable bonds is 2. The number of β-amino-alcohol motifs (C(OH)–C–C–N with tert-alkyl or cyclic N) is 1. The van der Waals surface area contributed by atoms with Gasteiger partial charge in [-0.25, -0.2) is 0 Å². The van der Waals surface area contributed by atoms with E-state index in [1.165, 1.54) is 18.2 Å². The van der Waals surface area contributed by atoms with Crippen molar-refractivity contribution in [3.63, 3.8) is 0 Å². The Kier molecular flexibility index (Phi) is 4.47. The number of likely N-dealkylation sites (N-methyl/N-ethyl adjacent to an activating group) is 1. The first-order valence-corrected chi connectivity index (χ1v) is 9.30. The molecule has 4 rings (SSSR count). The molecule has 2 atom stereocenters. The third kappa shape index (κ3) is 3.13. The molecule has 0 spiro atoms. The highest BCUT2D eigenvalue weighted by Crippen LogP contribution is 2.42. The van der Waals surface area contributed by atoms with Gasteiger partial charge in [-0.1, -0.05) is 23.7 Å². The second-order valence-corrected chi connectivity index (χ2v) is 7.55. The van der Waals surface area contributed by atoms with E-state index in [0.717, 1.165) is 6.07 Å². The van der Waals surface area contributed by atoms with Crippen LogP contribution in [-0.2, 0) is 0 Å². The van der Waals surface area contributed by atoms with Crippen molar-refractivity contribution >= 4 is 22.6 Å². The molecule has 2 aromatic carbocycles. The van der Waals surface area contributed by atoms with E-state index in [-0.39, 0.29) is 33.5 Å². The molecule has 1 aliphatic rings. The standard InChI is InChI=1S/C21H20ClNO5/c1-23-7-6-12(17(27)10-23)19-14(24)8-15(25)20-16(26)9-18(28-21(19)20)11-4-2-3-5-13(11)22/h2-5,8-9,12,17,24-25,27H,6-7,10H2,1H3/i3D. The molecule has 0 radical (unpaired) electrons. The minimum Gasteiger partial charge on any atom is -0.507 e. The number of phenols is 2. The molecule has 1 aliphatic heterocycles. The molecule has 2 heterocycles. The molecule has 0 amide bonds. The third-order valence-electron chi connectivity index (χ3n) is 5.23. The molecule has 146 valence electrons. The second-order valence-electron chi connectivity index (χ2n) is 7.14. The van der Waals surface area contributed by atoms with Gasteiger partial charge < -0.3 is 24.6 Å². The van der Waals surface area contributed by atoms with E-state index in [0.29, 0.717) is 30.6 Å². The predicted octanol–water partition coefficient (Wildman–Crippen LogP) is 3.30. The molecule has 1 aromatic heterocycles. The molecule has 3 aromatic rings. The lowest BCUT2D eigenvalue weighted by Crippen LogP contribution is -2.40. The second kappa shape index (κ2) is 7.13. The number of phenolic OH excluding ortho intramolecular Hbond substituents is 2. The van der Waals surface area contributed by atoms with E-state index < -0.39 is 23.2 Å². The van der Waals surface area contributed by atoms with Gasteiger partial charge in [-0.05, 0) is 32.1 Å². The Morgan fingerprint density at radius 3 is 2.79 bits per heavy atom. The molecule has 7 heteroatoms. The van der Waals surface area contributed by atoms with Crippen LogP contribution in [0.25, 0.3) is 22.3 Å². The molecular formula is C21H20ClNO5. The van der Waals surface area contributed by atoms with Crippen molar-refractivity contribution in [2.24, 2.45) is 0 Å². The number of aliphatic hydroxyl groups excluding tert-OH is 1. The highest BCUT2D eigenvalue weighted by atomic mass is 35.5. The van der Waals surface area contributed by atoms with Crippen LogP contribution < -0.4 is 5.43 Å². The topological polar surface area (TPSA) is 94.1 Å². The minimum absolute atomic E-state index is 0.0321. The van der Waals surface area contributed by atoms with Gasteiger partial charge in [0, 0.05) is 35.7 Å². The van der Waals surface area contributed by atoms with Crippen LogP contribution in [0.3, 0.4) is 0 Å². The number of likely N-dealkylation sites (tertiary alicyclic amines) is 1. The first kappa shape index (κ1) is 17.6. The van der Waals surface area contributed by atoms with Gasteiger partial charge in [0.15, 0.2) is 5.43 Å². The highest BCUT2D eigenvalue weighted by molar-refractivity contribution is 6.33. The van der Waals surface area contributed by atoms with Crippen molar-refractivity contribution in [3.05, 3.63) is 57.2 Å². The third-order valence-corrected chi connectivity index (χ3v) is 5.55. The van der Waals surface area contributed by atoms with Crippen LogP contribution in [0.15, 0.2) is 45.6 Å². The number of piperidine rings is 1. The number of halogens is 1. The Morgan fingerprint density at radius 1 is 1.29 bits per heavy atom. The lowest BCUT2D eigenvalue weighted by Gasteiger charge is -2.34. The summed E-state index contributed by atoms with van der Waals surface area (Å²) in [6.07, 6.45) is -0.222. The molecular weight excluding hydrogens is 382 g/mol. The van der Waals surface area contributed by atoms with E-state index in [9.17, 15) is 20.1 Å². The smallest absolute Gasteiger partial charge is 0.197 e.